The van der Waals surface area contributed by atoms with E-state index in [4.69, 9.17) is 0 Å². The Labute approximate surface area is 111 Å². The lowest BCUT2D eigenvalue weighted by Gasteiger charge is -2.25. The van der Waals surface area contributed by atoms with Gasteiger partial charge in [0.1, 0.15) is 10.4 Å². The number of carboxylic acid groups (broad SMARTS) is 1. The normalized spacial score (nSPS) is 18.6. The lowest BCUT2D eigenvalue weighted by atomic mass is 10.0. The highest BCUT2D eigenvalue weighted by Crippen LogP contribution is 2.32. The molecule has 0 aliphatic heterocycles. The molecule has 1 aromatic rings. The fourth-order valence-electron chi connectivity index (χ4n) is 2.58. The third-order valence-electron chi connectivity index (χ3n) is 3.53. The maximum Gasteiger partial charge on any atom is 0.324 e. The van der Waals surface area contributed by atoms with Crippen LogP contribution in [0.15, 0.2) is 4.90 Å². The highest BCUT2D eigenvalue weighted by molar-refractivity contribution is 7.89. The largest absolute Gasteiger partial charge is 0.480 e. The van der Waals surface area contributed by atoms with Gasteiger partial charge in [-0.1, -0.05) is 12.8 Å². The maximum absolute atomic E-state index is 12.4. The number of nitrogens with zero attached hydrogens (tertiary/aromatic N) is 1. The third-order valence-corrected chi connectivity index (χ3v) is 5.32. The van der Waals surface area contributed by atoms with E-state index in [0.717, 1.165) is 0 Å². The van der Waals surface area contributed by atoms with E-state index in [0.29, 0.717) is 37.1 Å². The van der Waals surface area contributed by atoms with Crippen molar-refractivity contribution >= 4 is 16.0 Å². The van der Waals surface area contributed by atoms with Crippen LogP contribution in [-0.2, 0) is 14.8 Å². The van der Waals surface area contributed by atoms with Gasteiger partial charge in [-0.05, 0) is 26.7 Å². The van der Waals surface area contributed by atoms with E-state index in [1.807, 2.05) is 0 Å². The average molecular weight is 287 g/mol. The smallest absolute Gasteiger partial charge is 0.324 e. The second-order valence-electron chi connectivity index (χ2n) is 4.96. The van der Waals surface area contributed by atoms with Crippen LogP contribution in [0.1, 0.15) is 37.1 Å². The summed E-state index contributed by atoms with van der Waals surface area (Å²) in [6, 6.07) is 0. The Kier molecular flexibility index (Phi) is 3.40. The second-order valence-corrected chi connectivity index (χ2v) is 6.58. The van der Waals surface area contributed by atoms with E-state index < -0.39 is 21.5 Å². The molecule has 0 unspecified atom stereocenters. The van der Waals surface area contributed by atoms with Crippen LogP contribution in [-0.4, -0.2) is 35.2 Å². The fourth-order valence-corrected chi connectivity index (χ4v) is 4.37. The van der Waals surface area contributed by atoms with E-state index in [9.17, 15) is 18.3 Å². The molecule has 2 rings (SSSR count). The van der Waals surface area contributed by atoms with E-state index in [2.05, 4.69) is 14.9 Å². The van der Waals surface area contributed by atoms with E-state index in [1.54, 1.807) is 13.8 Å². The molecule has 0 atom stereocenters. The van der Waals surface area contributed by atoms with Crippen molar-refractivity contribution in [2.45, 2.75) is 50.0 Å². The van der Waals surface area contributed by atoms with Crippen molar-refractivity contribution in [1.82, 2.24) is 14.9 Å². The molecule has 19 heavy (non-hydrogen) atoms. The molecule has 1 aliphatic carbocycles. The molecule has 0 aromatic carbocycles. The number of hydrogen-bond donors (Lipinski definition) is 3. The molecule has 1 heterocycles. The van der Waals surface area contributed by atoms with Crippen LogP contribution in [0.5, 0.6) is 0 Å². The minimum atomic E-state index is -3.89. The van der Waals surface area contributed by atoms with Crippen molar-refractivity contribution in [3.05, 3.63) is 11.4 Å². The molecule has 0 spiro atoms. The summed E-state index contributed by atoms with van der Waals surface area (Å²) >= 11 is 0. The first-order chi connectivity index (χ1) is 8.78. The summed E-state index contributed by atoms with van der Waals surface area (Å²) in [7, 11) is -3.89. The van der Waals surface area contributed by atoms with Gasteiger partial charge in [0.25, 0.3) is 0 Å². The highest BCUT2D eigenvalue weighted by Gasteiger charge is 2.45. The monoisotopic (exact) mass is 287 g/mol. The topological polar surface area (TPSA) is 112 Å². The number of H-pyrrole nitrogens is 1. The zero-order chi connectivity index (χ0) is 14.3. The van der Waals surface area contributed by atoms with Crippen molar-refractivity contribution in [3.63, 3.8) is 0 Å². The molecular weight excluding hydrogens is 270 g/mol. The van der Waals surface area contributed by atoms with Crippen molar-refractivity contribution in [1.29, 1.82) is 0 Å². The van der Waals surface area contributed by atoms with Gasteiger partial charge in [-0.3, -0.25) is 9.89 Å². The number of aromatic nitrogens is 2. The van der Waals surface area contributed by atoms with Gasteiger partial charge in [0.05, 0.1) is 11.4 Å². The molecule has 0 radical (unpaired) electrons. The number of aliphatic carboxylic acids is 1. The Morgan fingerprint density at radius 3 is 2.37 bits per heavy atom. The number of aryl methyl sites for hydroxylation is 2. The SMILES string of the molecule is Cc1n[nH]c(C)c1S(=O)(=O)NC1(C(=O)O)CCCC1. The Hall–Kier alpha value is -1.41. The molecule has 1 aliphatic rings. The van der Waals surface area contributed by atoms with Crippen LogP contribution in [0, 0.1) is 13.8 Å². The van der Waals surface area contributed by atoms with Gasteiger partial charge < -0.3 is 5.11 Å². The van der Waals surface area contributed by atoms with E-state index in [-0.39, 0.29) is 4.90 Å². The molecule has 8 heteroatoms. The Bertz CT molecular complexity index is 580. The predicted molar refractivity (Wildman–Crippen MR) is 67.2 cm³/mol. The van der Waals surface area contributed by atoms with Crippen molar-refractivity contribution in [2.75, 3.05) is 0 Å². The number of aromatic amines is 1. The molecule has 3 N–H and O–H groups in total. The molecular formula is C11H17N3O4S. The fraction of sp³-hybridized carbons (Fsp3) is 0.636. The van der Waals surface area contributed by atoms with Crippen LogP contribution >= 0.6 is 0 Å². The summed E-state index contributed by atoms with van der Waals surface area (Å²) < 4.78 is 27.1. The van der Waals surface area contributed by atoms with Gasteiger partial charge in [-0.15, -0.1) is 0 Å². The highest BCUT2D eigenvalue weighted by atomic mass is 32.2. The first-order valence-corrected chi connectivity index (χ1v) is 7.56. The molecule has 7 nitrogen and oxygen atoms in total. The molecule has 0 bridgehead atoms. The minimum absolute atomic E-state index is 0.0417. The Morgan fingerprint density at radius 1 is 1.37 bits per heavy atom. The van der Waals surface area contributed by atoms with Crippen molar-refractivity contribution in [2.24, 2.45) is 0 Å². The standard InChI is InChI=1S/C11H17N3O4S/c1-7-9(8(2)13-12-7)19(17,18)14-11(10(15)16)5-3-4-6-11/h14H,3-6H2,1-2H3,(H,12,13)(H,15,16). The molecule has 0 saturated heterocycles. The Balaban J connectivity index is 2.39. The van der Waals surface area contributed by atoms with Crippen LogP contribution in [0.2, 0.25) is 0 Å². The summed E-state index contributed by atoms with van der Waals surface area (Å²) in [6.45, 7) is 3.16. The van der Waals surface area contributed by atoms with Gasteiger partial charge in [0.2, 0.25) is 10.0 Å². The number of carbonyl (C=O) groups is 1. The lowest BCUT2D eigenvalue weighted by molar-refractivity contribution is -0.143. The maximum atomic E-state index is 12.4. The minimum Gasteiger partial charge on any atom is -0.480 e. The second kappa shape index (κ2) is 4.61. The van der Waals surface area contributed by atoms with Crippen molar-refractivity contribution in [3.8, 4) is 0 Å². The molecule has 1 aromatic heterocycles. The van der Waals surface area contributed by atoms with Crippen molar-refractivity contribution < 1.29 is 18.3 Å². The van der Waals surface area contributed by atoms with Gasteiger partial charge in [-0.2, -0.15) is 9.82 Å². The zero-order valence-corrected chi connectivity index (χ0v) is 11.7. The summed E-state index contributed by atoms with van der Waals surface area (Å²) in [5.74, 6) is -1.12. The quantitative estimate of drug-likeness (QED) is 0.754. The van der Waals surface area contributed by atoms with E-state index >= 15 is 0 Å². The van der Waals surface area contributed by atoms with Gasteiger partial charge in [0, 0.05) is 0 Å². The first-order valence-electron chi connectivity index (χ1n) is 6.07. The number of carboxylic acids is 1. The molecule has 0 amide bonds. The van der Waals surface area contributed by atoms with E-state index in [1.165, 1.54) is 0 Å². The number of hydrogen-bond acceptors (Lipinski definition) is 4. The molecule has 1 saturated carbocycles. The predicted octanol–water partition coefficient (Wildman–Crippen LogP) is 0.702. The molecule has 106 valence electrons. The summed E-state index contributed by atoms with van der Waals surface area (Å²) in [5, 5.41) is 15.7. The summed E-state index contributed by atoms with van der Waals surface area (Å²) in [5.41, 5.74) is -0.637. The van der Waals surface area contributed by atoms with Crippen LogP contribution < -0.4 is 4.72 Å². The van der Waals surface area contributed by atoms with Crippen LogP contribution in [0.3, 0.4) is 0 Å². The van der Waals surface area contributed by atoms with Gasteiger partial charge in [-0.25, -0.2) is 8.42 Å². The lowest BCUT2D eigenvalue weighted by Crippen LogP contribution is -2.52. The molecule has 1 fully saturated rings. The third kappa shape index (κ3) is 2.37. The van der Waals surface area contributed by atoms with Crippen LogP contribution in [0.25, 0.3) is 0 Å². The summed E-state index contributed by atoms with van der Waals surface area (Å²) in [6.07, 6.45) is 2.05. The Morgan fingerprint density at radius 2 is 1.95 bits per heavy atom. The van der Waals surface area contributed by atoms with Crippen LogP contribution in [0.4, 0.5) is 0 Å². The van der Waals surface area contributed by atoms with Gasteiger partial charge >= 0.3 is 5.97 Å². The number of sulfonamides is 1. The zero-order valence-electron chi connectivity index (χ0n) is 10.9. The van der Waals surface area contributed by atoms with Gasteiger partial charge in [0.15, 0.2) is 0 Å². The number of nitrogens with one attached hydrogen (secondary N) is 2. The number of rotatable bonds is 4. The summed E-state index contributed by atoms with van der Waals surface area (Å²) in [4.78, 5) is 11.4. The first kappa shape index (κ1) is 14.0. The average Bonchev–Trinajstić information content (AvgIpc) is 2.86.